The van der Waals surface area contributed by atoms with Crippen LogP contribution in [0.4, 0.5) is 21.9 Å². The van der Waals surface area contributed by atoms with Gasteiger partial charge in [0.05, 0.1) is 9.82 Å². The molecule has 0 saturated carbocycles. The zero-order valence-corrected chi connectivity index (χ0v) is 34.6. The maximum absolute atomic E-state index is 13.4. The third kappa shape index (κ3) is 12.2. The molecule has 1 fully saturated rings. The van der Waals surface area contributed by atoms with Crippen molar-refractivity contribution in [2.45, 2.75) is 41.6 Å². The predicted octanol–water partition coefficient (Wildman–Crippen LogP) is 7.77. The van der Waals surface area contributed by atoms with Gasteiger partial charge in [0.2, 0.25) is 0 Å². The standard InChI is InChI=1S/C43H46ClN7O6S2/c44-34-17-13-31(14-18-34)39-12-5-4-8-33(39)29-49-24-26-50(27-25-49)36-19-15-32(16-20-36)42(52)48-59(56,57)38-21-22-40(41(28-38)51(54)55)47-35(9-6-7-23-46-43(45)53)30-58-37-10-2-1-3-11-37/h1-5,8,10-22,28,35,47H,6-7,9,23-27,29-30H2,(H,48,52)(H3,45,46,53)/t35-/m1/s1. The Morgan fingerprint density at radius 2 is 1.56 bits per heavy atom. The van der Waals surface area contributed by atoms with Gasteiger partial charge < -0.3 is 21.3 Å². The van der Waals surface area contributed by atoms with Crippen molar-refractivity contribution in [3.63, 3.8) is 0 Å². The van der Waals surface area contributed by atoms with Crippen molar-refractivity contribution < 1.29 is 22.9 Å². The summed E-state index contributed by atoms with van der Waals surface area (Å²) in [6.07, 6.45) is 1.96. The van der Waals surface area contributed by atoms with Crippen LogP contribution in [0.5, 0.6) is 0 Å². The minimum Gasteiger partial charge on any atom is -0.376 e. The van der Waals surface area contributed by atoms with Crippen LogP contribution in [0.2, 0.25) is 5.02 Å². The molecule has 1 aliphatic rings. The molecule has 1 aliphatic heterocycles. The van der Waals surface area contributed by atoms with Crippen molar-refractivity contribution in [1.29, 1.82) is 0 Å². The lowest BCUT2D eigenvalue weighted by atomic mass is 9.99. The van der Waals surface area contributed by atoms with Gasteiger partial charge in [-0.1, -0.05) is 66.2 Å². The molecule has 1 atom stereocenters. The highest BCUT2D eigenvalue weighted by atomic mass is 35.5. The highest BCUT2D eigenvalue weighted by Gasteiger charge is 2.26. The van der Waals surface area contributed by atoms with Crippen molar-refractivity contribution in [3.05, 3.63) is 148 Å². The van der Waals surface area contributed by atoms with Crippen molar-refractivity contribution in [3.8, 4) is 11.1 Å². The van der Waals surface area contributed by atoms with Crippen LogP contribution in [-0.2, 0) is 16.6 Å². The number of nitro benzene ring substituents is 1. The van der Waals surface area contributed by atoms with Crippen LogP contribution in [0, 0.1) is 10.1 Å². The molecule has 3 amide bonds. The molecule has 59 heavy (non-hydrogen) atoms. The van der Waals surface area contributed by atoms with Gasteiger partial charge in [-0.15, -0.1) is 11.8 Å². The van der Waals surface area contributed by atoms with Crippen LogP contribution in [-0.4, -0.2) is 74.7 Å². The molecule has 13 nitrogen and oxygen atoms in total. The largest absolute Gasteiger partial charge is 0.376 e. The minimum atomic E-state index is -4.47. The van der Waals surface area contributed by atoms with E-state index < -0.39 is 37.5 Å². The summed E-state index contributed by atoms with van der Waals surface area (Å²) in [5, 5.41) is 18.7. The van der Waals surface area contributed by atoms with E-state index in [4.69, 9.17) is 17.3 Å². The number of primary amides is 1. The van der Waals surface area contributed by atoms with Gasteiger partial charge in [0, 0.05) is 78.3 Å². The van der Waals surface area contributed by atoms with Crippen LogP contribution in [0.25, 0.3) is 11.1 Å². The monoisotopic (exact) mass is 855 g/mol. The van der Waals surface area contributed by atoms with E-state index in [0.717, 1.165) is 54.9 Å². The van der Waals surface area contributed by atoms with E-state index in [9.17, 15) is 28.1 Å². The van der Waals surface area contributed by atoms with Crippen LogP contribution in [0.15, 0.2) is 131 Å². The molecule has 0 aromatic heterocycles. The number of piperazine rings is 1. The van der Waals surface area contributed by atoms with Gasteiger partial charge in [0.1, 0.15) is 5.69 Å². The summed E-state index contributed by atoms with van der Waals surface area (Å²) >= 11 is 7.69. The molecule has 0 aliphatic carbocycles. The third-order valence-electron chi connectivity index (χ3n) is 9.97. The molecule has 5 N–H and O–H groups in total. The number of benzene rings is 5. The van der Waals surface area contributed by atoms with Gasteiger partial charge in [0.25, 0.3) is 21.6 Å². The first kappa shape index (κ1) is 43.0. The fraction of sp³-hybridized carbons (Fsp3) is 0.256. The molecule has 5 aromatic rings. The average Bonchev–Trinajstić information content (AvgIpc) is 3.23. The lowest BCUT2D eigenvalue weighted by Crippen LogP contribution is -2.46. The van der Waals surface area contributed by atoms with Crippen LogP contribution in [0.1, 0.15) is 35.2 Å². The number of nitrogens with two attached hydrogens (primary N) is 1. The second-order valence-corrected chi connectivity index (χ2v) is 17.3. The van der Waals surface area contributed by atoms with E-state index in [-0.39, 0.29) is 17.3 Å². The summed E-state index contributed by atoms with van der Waals surface area (Å²) in [6.45, 7) is 4.41. The number of nitro groups is 1. The number of nitrogens with zero attached hydrogens (tertiary/aromatic N) is 3. The SMILES string of the molecule is NC(=O)NCCCC[C@H](CSc1ccccc1)Nc1ccc(S(=O)(=O)NC(=O)c2ccc(N3CCN(Cc4ccccc4-c4ccc(Cl)cc4)CC3)cc2)cc1[N+](=O)[O-]. The number of unbranched alkanes of at least 4 members (excludes halogenated alkanes) is 1. The maximum Gasteiger partial charge on any atom is 0.312 e. The average molecular weight is 856 g/mol. The van der Waals surface area contributed by atoms with Gasteiger partial charge in [-0.3, -0.25) is 19.8 Å². The molecule has 6 rings (SSSR count). The first-order valence-electron chi connectivity index (χ1n) is 19.2. The number of hydrogen-bond donors (Lipinski definition) is 4. The first-order valence-corrected chi connectivity index (χ1v) is 22.0. The van der Waals surface area contributed by atoms with E-state index in [1.54, 1.807) is 36.0 Å². The summed E-state index contributed by atoms with van der Waals surface area (Å²) in [6, 6.07) is 35.3. The fourth-order valence-corrected chi connectivity index (χ4v) is 8.96. The van der Waals surface area contributed by atoms with Gasteiger partial charge in [0.15, 0.2) is 0 Å². The molecule has 308 valence electrons. The molecule has 5 aromatic carbocycles. The number of carbonyl (C=O) groups is 2. The lowest BCUT2D eigenvalue weighted by molar-refractivity contribution is -0.384. The molecule has 0 radical (unpaired) electrons. The zero-order valence-electron chi connectivity index (χ0n) is 32.3. The number of urea groups is 1. The first-order chi connectivity index (χ1) is 28.4. The van der Waals surface area contributed by atoms with Gasteiger partial charge >= 0.3 is 6.03 Å². The Balaban J connectivity index is 1.05. The molecule has 16 heteroatoms. The number of rotatable bonds is 18. The highest BCUT2D eigenvalue weighted by molar-refractivity contribution is 7.99. The number of sulfonamides is 1. The van der Waals surface area contributed by atoms with Crippen LogP contribution >= 0.6 is 23.4 Å². The van der Waals surface area contributed by atoms with Gasteiger partial charge in [-0.2, -0.15) is 0 Å². The number of thioether (sulfide) groups is 1. The zero-order chi connectivity index (χ0) is 41.8. The topological polar surface area (TPSA) is 180 Å². The smallest absolute Gasteiger partial charge is 0.312 e. The quantitative estimate of drug-likeness (QED) is 0.0295. The Morgan fingerprint density at radius 1 is 0.864 bits per heavy atom. The van der Waals surface area contributed by atoms with Crippen molar-refractivity contribution in [2.24, 2.45) is 5.73 Å². The molecule has 1 saturated heterocycles. The highest BCUT2D eigenvalue weighted by Crippen LogP contribution is 2.31. The van der Waals surface area contributed by atoms with Gasteiger partial charge in [-0.05, 0) is 96.6 Å². The lowest BCUT2D eigenvalue weighted by Gasteiger charge is -2.36. The Bertz CT molecular complexity index is 2330. The van der Waals surface area contributed by atoms with E-state index in [0.29, 0.717) is 36.6 Å². The Kier molecular flexibility index (Phi) is 14.8. The van der Waals surface area contributed by atoms with Crippen molar-refractivity contribution >= 4 is 62.4 Å². The summed E-state index contributed by atoms with van der Waals surface area (Å²) in [5.74, 6) is -0.287. The Morgan fingerprint density at radius 3 is 2.25 bits per heavy atom. The maximum atomic E-state index is 13.4. The number of amides is 3. The number of anilines is 2. The second-order valence-electron chi connectivity index (χ2n) is 14.1. The molecule has 0 unspecified atom stereocenters. The number of halogens is 1. The Hall–Kier alpha value is -5.61. The normalized spacial score (nSPS) is 13.7. The molecule has 0 spiro atoms. The Labute approximate surface area is 353 Å². The van der Waals surface area contributed by atoms with Crippen LogP contribution in [0.3, 0.4) is 0 Å². The van der Waals surface area contributed by atoms with E-state index >= 15 is 0 Å². The second kappa shape index (κ2) is 20.4. The summed E-state index contributed by atoms with van der Waals surface area (Å²) in [7, 11) is -4.47. The number of nitrogens with one attached hydrogen (secondary N) is 3. The molecule has 1 heterocycles. The van der Waals surface area contributed by atoms with E-state index in [1.807, 2.05) is 60.7 Å². The van der Waals surface area contributed by atoms with E-state index in [2.05, 4.69) is 43.4 Å². The molecular weight excluding hydrogens is 810 g/mol. The predicted molar refractivity (Wildman–Crippen MR) is 235 cm³/mol. The number of carbonyl (C=O) groups excluding carboxylic acids is 2. The minimum absolute atomic E-state index is 0.132. The van der Waals surface area contributed by atoms with Crippen molar-refractivity contribution in [2.75, 3.05) is 48.7 Å². The van der Waals surface area contributed by atoms with Crippen molar-refractivity contribution in [1.82, 2.24) is 14.9 Å². The fourth-order valence-electron chi connectivity index (χ4n) is 6.85. The summed E-state index contributed by atoms with van der Waals surface area (Å²) in [5.41, 5.74) is 9.43. The summed E-state index contributed by atoms with van der Waals surface area (Å²) in [4.78, 5) is 41.0. The third-order valence-corrected chi connectivity index (χ3v) is 12.7. The van der Waals surface area contributed by atoms with Crippen LogP contribution < -0.4 is 26.0 Å². The van der Waals surface area contributed by atoms with E-state index in [1.165, 1.54) is 23.3 Å². The number of hydrogen-bond acceptors (Lipinski definition) is 10. The molecule has 0 bridgehead atoms. The van der Waals surface area contributed by atoms with Gasteiger partial charge in [-0.25, -0.2) is 17.9 Å². The molecular formula is C43H46ClN7O6S2. The summed E-state index contributed by atoms with van der Waals surface area (Å²) < 4.78 is 28.9.